The smallest absolute Gasteiger partial charge is 0.137 e. The summed E-state index contributed by atoms with van der Waals surface area (Å²) in [7, 11) is 1.64. The topological polar surface area (TPSA) is 35.2 Å². The minimum Gasteiger partial charge on any atom is -0.495 e. The maximum atomic E-state index is 6.29. The van der Waals surface area contributed by atoms with Crippen molar-refractivity contribution in [1.82, 2.24) is 0 Å². The van der Waals surface area contributed by atoms with E-state index < -0.39 is 0 Å². The summed E-state index contributed by atoms with van der Waals surface area (Å²) in [4.78, 5) is 0. The van der Waals surface area contributed by atoms with Crippen LogP contribution in [0, 0.1) is 5.92 Å². The summed E-state index contributed by atoms with van der Waals surface area (Å²) in [6.07, 6.45) is 9.27. The fraction of sp³-hybridized carbons (Fsp3) is 0.625. The first-order valence-corrected chi connectivity index (χ1v) is 7.67. The van der Waals surface area contributed by atoms with Gasteiger partial charge in [0.15, 0.2) is 0 Å². The highest BCUT2D eigenvalue weighted by molar-refractivity contribution is 6.32. The molecular formula is C16H24ClNO. The Labute approximate surface area is 121 Å². The predicted molar refractivity (Wildman–Crippen MR) is 80.7 cm³/mol. The molecule has 0 heterocycles. The summed E-state index contributed by atoms with van der Waals surface area (Å²) in [5.74, 6) is 1.60. The van der Waals surface area contributed by atoms with Gasteiger partial charge in [0.05, 0.1) is 12.1 Å². The number of rotatable bonds is 5. The predicted octanol–water partition coefficient (Wildman–Crippen LogP) is 4.71. The van der Waals surface area contributed by atoms with Crippen LogP contribution in [0.5, 0.6) is 5.75 Å². The first kappa shape index (κ1) is 14.7. The third kappa shape index (κ3) is 4.12. The van der Waals surface area contributed by atoms with Crippen molar-refractivity contribution in [2.45, 2.75) is 51.0 Å². The fourth-order valence-electron chi connectivity index (χ4n) is 2.96. The average Bonchev–Trinajstić information content (AvgIpc) is 2.46. The van der Waals surface area contributed by atoms with E-state index in [4.69, 9.17) is 22.1 Å². The van der Waals surface area contributed by atoms with Crippen molar-refractivity contribution in [2.75, 3.05) is 7.11 Å². The van der Waals surface area contributed by atoms with E-state index in [0.717, 1.165) is 17.9 Å². The van der Waals surface area contributed by atoms with Crippen LogP contribution >= 0.6 is 11.6 Å². The number of ether oxygens (including phenoxy) is 1. The molecule has 2 nitrogen and oxygen atoms in total. The molecule has 1 unspecified atom stereocenters. The van der Waals surface area contributed by atoms with E-state index in [-0.39, 0.29) is 6.04 Å². The molecule has 0 bridgehead atoms. The Morgan fingerprint density at radius 2 is 2.05 bits per heavy atom. The van der Waals surface area contributed by atoms with Crippen LogP contribution in [0.1, 0.15) is 56.6 Å². The molecule has 106 valence electrons. The van der Waals surface area contributed by atoms with Crippen molar-refractivity contribution in [1.29, 1.82) is 0 Å². The van der Waals surface area contributed by atoms with E-state index in [2.05, 4.69) is 0 Å². The Morgan fingerprint density at radius 3 is 2.74 bits per heavy atom. The van der Waals surface area contributed by atoms with Gasteiger partial charge in [-0.15, -0.1) is 0 Å². The molecule has 2 rings (SSSR count). The van der Waals surface area contributed by atoms with Crippen molar-refractivity contribution in [3.63, 3.8) is 0 Å². The molecule has 1 saturated carbocycles. The summed E-state index contributed by atoms with van der Waals surface area (Å²) in [5.41, 5.74) is 7.41. The largest absolute Gasteiger partial charge is 0.495 e. The Hall–Kier alpha value is -0.730. The van der Waals surface area contributed by atoms with Crippen molar-refractivity contribution >= 4 is 11.6 Å². The average molecular weight is 282 g/mol. The monoisotopic (exact) mass is 281 g/mol. The zero-order chi connectivity index (χ0) is 13.7. The number of methoxy groups -OCH3 is 1. The molecule has 0 aromatic heterocycles. The lowest BCUT2D eigenvalue weighted by atomic mass is 9.84. The normalized spacial score (nSPS) is 18.3. The van der Waals surface area contributed by atoms with Crippen LogP contribution in [0.4, 0.5) is 0 Å². The Kier molecular flexibility index (Phi) is 5.53. The van der Waals surface area contributed by atoms with E-state index >= 15 is 0 Å². The van der Waals surface area contributed by atoms with Gasteiger partial charge in [0.2, 0.25) is 0 Å². The van der Waals surface area contributed by atoms with Gasteiger partial charge in [0, 0.05) is 6.04 Å². The van der Waals surface area contributed by atoms with Crippen LogP contribution in [0.25, 0.3) is 0 Å². The van der Waals surface area contributed by atoms with Gasteiger partial charge in [-0.3, -0.25) is 0 Å². The molecule has 0 amide bonds. The van der Waals surface area contributed by atoms with E-state index in [9.17, 15) is 0 Å². The van der Waals surface area contributed by atoms with Crippen LogP contribution in [-0.4, -0.2) is 7.11 Å². The van der Waals surface area contributed by atoms with Gasteiger partial charge < -0.3 is 10.5 Å². The highest BCUT2D eigenvalue weighted by atomic mass is 35.5. The molecule has 0 spiro atoms. The zero-order valence-corrected chi connectivity index (χ0v) is 12.5. The van der Waals surface area contributed by atoms with Crippen molar-refractivity contribution in [2.24, 2.45) is 11.7 Å². The summed E-state index contributed by atoms with van der Waals surface area (Å²) in [5, 5.41) is 0.644. The molecule has 1 fully saturated rings. The lowest BCUT2D eigenvalue weighted by Crippen LogP contribution is -2.14. The second-order valence-corrected chi connectivity index (χ2v) is 5.99. The van der Waals surface area contributed by atoms with Crippen LogP contribution in [0.3, 0.4) is 0 Å². The van der Waals surface area contributed by atoms with Crippen LogP contribution in [0.15, 0.2) is 18.2 Å². The molecule has 0 radical (unpaired) electrons. The third-order valence-corrected chi connectivity index (χ3v) is 4.53. The van der Waals surface area contributed by atoms with Gasteiger partial charge in [0.25, 0.3) is 0 Å². The standard InChI is InChI=1S/C16H24ClNO/c1-19-16-11-13(8-9-14(16)17)15(18)10-7-12-5-3-2-4-6-12/h8-9,11-12,15H,2-7,10,18H2,1H3. The molecule has 1 aromatic rings. The highest BCUT2D eigenvalue weighted by Gasteiger charge is 2.16. The summed E-state index contributed by atoms with van der Waals surface area (Å²) >= 11 is 6.03. The summed E-state index contributed by atoms with van der Waals surface area (Å²) < 4.78 is 5.24. The Bertz CT molecular complexity index is 402. The van der Waals surface area contributed by atoms with Gasteiger partial charge in [-0.2, -0.15) is 0 Å². The Morgan fingerprint density at radius 1 is 1.32 bits per heavy atom. The SMILES string of the molecule is COc1cc(C(N)CCC2CCCCC2)ccc1Cl. The second-order valence-electron chi connectivity index (χ2n) is 5.58. The van der Waals surface area contributed by atoms with E-state index in [1.165, 1.54) is 38.5 Å². The first-order chi connectivity index (χ1) is 9.20. The Balaban J connectivity index is 1.89. The molecule has 0 saturated heterocycles. The van der Waals surface area contributed by atoms with E-state index in [1.54, 1.807) is 7.11 Å². The van der Waals surface area contributed by atoms with Crippen LogP contribution in [0.2, 0.25) is 5.02 Å². The summed E-state index contributed by atoms with van der Waals surface area (Å²) in [6.45, 7) is 0. The van der Waals surface area contributed by atoms with Crippen molar-refractivity contribution in [3.8, 4) is 5.75 Å². The van der Waals surface area contributed by atoms with Gasteiger partial charge in [-0.1, -0.05) is 49.8 Å². The van der Waals surface area contributed by atoms with Crippen LogP contribution < -0.4 is 10.5 Å². The lowest BCUT2D eigenvalue weighted by Gasteiger charge is -2.23. The highest BCUT2D eigenvalue weighted by Crippen LogP contribution is 2.32. The van der Waals surface area contributed by atoms with Gasteiger partial charge in [-0.05, 0) is 36.5 Å². The van der Waals surface area contributed by atoms with Crippen molar-refractivity contribution in [3.05, 3.63) is 28.8 Å². The number of halogens is 1. The van der Waals surface area contributed by atoms with E-state index in [1.807, 2.05) is 18.2 Å². The molecule has 2 N–H and O–H groups in total. The maximum Gasteiger partial charge on any atom is 0.137 e. The molecule has 1 atom stereocenters. The lowest BCUT2D eigenvalue weighted by molar-refractivity contribution is 0.324. The minimum atomic E-state index is 0.0908. The van der Waals surface area contributed by atoms with Crippen molar-refractivity contribution < 1.29 is 4.74 Å². The molecule has 3 heteroatoms. The van der Waals surface area contributed by atoms with Gasteiger partial charge in [-0.25, -0.2) is 0 Å². The molecule has 1 aromatic carbocycles. The first-order valence-electron chi connectivity index (χ1n) is 7.29. The second kappa shape index (κ2) is 7.16. The summed E-state index contributed by atoms with van der Waals surface area (Å²) in [6, 6.07) is 5.94. The third-order valence-electron chi connectivity index (χ3n) is 4.21. The number of benzene rings is 1. The molecular weight excluding hydrogens is 258 g/mol. The number of nitrogens with two attached hydrogens (primary N) is 1. The van der Waals surface area contributed by atoms with Gasteiger partial charge >= 0.3 is 0 Å². The van der Waals surface area contributed by atoms with Crippen LogP contribution in [-0.2, 0) is 0 Å². The maximum absolute atomic E-state index is 6.29. The number of hydrogen-bond acceptors (Lipinski definition) is 2. The van der Waals surface area contributed by atoms with E-state index in [0.29, 0.717) is 10.8 Å². The van der Waals surface area contributed by atoms with Gasteiger partial charge in [0.1, 0.15) is 5.75 Å². The molecule has 1 aliphatic carbocycles. The number of hydrogen-bond donors (Lipinski definition) is 1. The molecule has 1 aliphatic rings. The fourth-order valence-corrected chi connectivity index (χ4v) is 3.16. The molecule has 19 heavy (non-hydrogen) atoms. The minimum absolute atomic E-state index is 0.0908. The zero-order valence-electron chi connectivity index (χ0n) is 11.7. The molecule has 0 aliphatic heterocycles. The quantitative estimate of drug-likeness (QED) is 0.848.